The van der Waals surface area contributed by atoms with Crippen LogP contribution in [0.15, 0.2) is 24.3 Å². The summed E-state index contributed by atoms with van der Waals surface area (Å²) >= 11 is 4.98. The van der Waals surface area contributed by atoms with Crippen molar-refractivity contribution in [2.45, 2.75) is 25.8 Å². The number of nitrogens with zero attached hydrogens (tertiary/aromatic N) is 2. The Balaban J connectivity index is 2.03. The molecule has 1 fully saturated rings. The van der Waals surface area contributed by atoms with Gasteiger partial charge in [0, 0.05) is 30.9 Å². The fourth-order valence-corrected chi connectivity index (χ4v) is 2.43. The van der Waals surface area contributed by atoms with E-state index >= 15 is 0 Å². The van der Waals surface area contributed by atoms with E-state index in [4.69, 9.17) is 18.0 Å². The fraction of sp³-hybridized carbons (Fsp3) is 0.467. The van der Waals surface area contributed by atoms with E-state index in [9.17, 15) is 4.79 Å². The lowest BCUT2D eigenvalue weighted by Gasteiger charge is -2.25. The average Bonchev–Trinajstić information content (AvgIpc) is 3.24. The standard InChI is InChI=1S/C15H21N3OS/c1-3-18(12-7-8-12)14(19)10-17(2)13-6-4-5-11(9-13)15(16)20/h4-6,9,12H,3,7-8,10H2,1-2H3,(H2,16,20). The van der Waals surface area contributed by atoms with Crippen LogP contribution in [-0.4, -0.2) is 42.0 Å². The van der Waals surface area contributed by atoms with E-state index < -0.39 is 0 Å². The monoisotopic (exact) mass is 291 g/mol. The number of carbonyl (C=O) groups is 1. The molecule has 1 saturated carbocycles. The quantitative estimate of drug-likeness (QED) is 0.812. The summed E-state index contributed by atoms with van der Waals surface area (Å²) in [4.78, 5) is 16.6. The van der Waals surface area contributed by atoms with Gasteiger partial charge < -0.3 is 15.5 Å². The van der Waals surface area contributed by atoms with Crippen molar-refractivity contribution >= 4 is 28.8 Å². The highest BCUT2D eigenvalue weighted by Crippen LogP contribution is 2.27. The van der Waals surface area contributed by atoms with Gasteiger partial charge in [0.15, 0.2) is 0 Å². The predicted molar refractivity (Wildman–Crippen MR) is 86.0 cm³/mol. The molecule has 0 heterocycles. The highest BCUT2D eigenvalue weighted by molar-refractivity contribution is 7.80. The normalized spacial score (nSPS) is 13.9. The second kappa shape index (κ2) is 6.22. The van der Waals surface area contributed by atoms with Gasteiger partial charge in [-0.15, -0.1) is 0 Å². The number of benzene rings is 1. The minimum absolute atomic E-state index is 0.179. The first-order valence-electron chi connectivity index (χ1n) is 6.93. The second-order valence-corrected chi connectivity index (χ2v) is 5.62. The van der Waals surface area contributed by atoms with Crippen LogP contribution in [0.1, 0.15) is 25.3 Å². The number of carbonyl (C=O) groups excluding carboxylic acids is 1. The Kier molecular flexibility index (Phi) is 4.60. The summed E-state index contributed by atoms with van der Waals surface area (Å²) in [6, 6.07) is 8.13. The van der Waals surface area contributed by atoms with Crippen LogP contribution in [0.3, 0.4) is 0 Å². The first-order chi connectivity index (χ1) is 9.52. The molecule has 2 rings (SSSR count). The maximum absolute atomic E-state index is 12.3. The van der Waals surface area contributed by atoms with E-state index in [1.54, 1.807) is 0 Å². The molecule has 20 heavy (non-hydrogen) atoms. The summed E-state index contributed by atoms with van der Waals surface area (Å²) in [5, 5.41) is 0. The van der Waals surface area contributed by atoms with Crippen molar-refractivity contribution < 1.29 is 4.79 Å². The van der Waals surface area contributed by atoms with Gasteiger partial charge in [-0.3, -0.25) is 4.79 Å². The minimum atomic E-state index is 0.179. The number of rotatable bonds is 6. The van der Waals surface area contributed by atoms with Gasteiger partial charge in [-0.25, -0.2) is 0 Å². The van der Waals surface area contributed by atoms with Crippen LogP contribution in [0, 0.1) is 0 Å². The Morgan fingerprint density at radius 3 is 2.70 bits per heavy atom. The van der Waals surface area contributed by atoms with E-state index in [2.05, 4.69) is 0 Å². The molecule has 2 N–H and O–H groups in total. The van der Waals surface area contributed by atoms with Crippen LogP contribution >= 0.6 is 12.2 Å². The molecule has 1 aromatic rings. The van der Waals surface area contributed by atoms with Crippen molar-refractivity contribution in [1.82, 2.24) is 4.90 Å². The molecule has 1 aliphatic rings. The highest BCUT2D eigenvalue weighted by Gasteiger charge is 2.31. The van der Waals surface area contributed by atoms with Crippen molar-refractivity contribution in [3.05, 3.63) is 29.8 Å². The Morgan fingerprint density at radius 2 is 2.15 bits per heavy atom. The molecule has 0 atom stereocenters. The molecule has 1 aliphatic carbocycles. The van der Waals surface area contributed by atoms with Crippen molar-refractivity contribution in [2.24, 2.45) is 5.73 Å². The number of hydrogen-bond donors (Lipinski definition) is 1. The lowest BCUT2D eigenvalue weighted by molar-refractivity contribution is -0.130. The molecule has 1 aromatic carbocycles. The number of anilines is 1. The number of nitrogens with two attached hydrogens (primary N) is 1. The molecule has 0 aromatic heterocycles. The molecule has 0 unspecified atom stereocenters. The molecule has 0 saturated heterocycles. The van der Waals surface area contributed by atoms with Crippen molar-refractivity contribution in [3.63, 3.8) is 0 Å². The van der Waals surface area contributed by atoms with Crippen LogP contribution in [-0.2, 0) is 4.79 Å². The average molecular weight is 291 g/mol. The van der Waals surface area contributed by atoms with Crippen LogP contribution in [0.5, 0.6) is 0 Å². The largest absolute Gasteiger partial charge is 0.389 e. The molecule has 0 aliphatic heterocycles. The lowest BCUT2D eigenvalue weighted by atomic mass is 10.2. The van der Waals surface area contributed by atoms with Gasteiger partial charge in [0.2, 0.25) is 5.91 Å². The topological polar surface area (TPSA) is 49.6 Å². The summed E-state index contributed by atoms with van der Waals surface area (Å²) < 4.78 is 0. The van der Waals surface area contributed by atoms with E-state index in [1.165, 1.54) is 0 Å². The summed E-state index contributed by atoms with van der Waals surface area (Å²) in [5.41, 5.74) is 7.42. The van der Waals surface area contributed by atoms with E-state index in [0.717, 1.165) is 30.6 Å². The van der Waals surface area contributed by atoms with Gasteiger partial charge in [0.25, 0.3) is 0 Å². The van der Waals surface area contributed by atoms with Gasteiger partial charge in [0.05, 0.1) is 6.54 Å². The minimum Gasteiger partial charge on any atom is -0.389 e. The number of thiocarbonyl (C=S) groups is 1. The Morgan fingerprint density at radius 1 is 1.45 bits per heavy atom. The maximum atomic E-state index is 12.3. The zero-order valence-corrected chi connectivity index (χ0v) is 12.8. The van der Waals surface area contributed by atoms with Gasteiger partial charge in [0.1, 0.15) is 4.99 Å². The van der Waals surface area contributed by atoms with Crippen LogP contribution in [0.4, 0.5) is 5.69 Å². The first kappa shape index (κ1) is 14.8. The Hall–Kier alpha value is -1.62. The van der Waals surface area contributed by atoms with Crippen molar-refractivity contribution in [1.29, 1.82) is 0 Å². The third kappa shape index (κ3) is 3.48. The molecular formula is C15H21N3OS. The number of hydrogen-bond acceptors (Lipinski definition) is 3. The summed E-state index contributed by atoms with van der Waals surface area (Å²) in [5.74, 6) is 0.179. The third-order valence-corrected chi connectivity index (χ3v) is 3.83. The third-order valence-electron chi connectivity index (χ3n) is 3.59. The highest BCUT2D eigenvalue weighted by atomic mass is 32.1. The van der Waals surface area contributed by atoms with Gasteiger partial charge in [-0.2, -0.15) is 0 Å². The molecule has 0 spiro atoms. The molecule has 4 nitrogen and oxygen atoms in total. The zero-order chi connectivity index (χ0) is 14.7. The van der Waals surface area contributed by atoms with Crippen LogP contribution < -0.4 is 10.6 Å². The summed E-state index contributed by atoms with van der Waals surface area (Å²) in [6.07, 6.45) is 2.28. The van der Waals surface area contributed by atoms with Crippen molar-refractivity contribution in [2.75, 3.05) is 25.0 Å². The first-order valence-corrected chi connectivity index (χ1v) is 7.34. The molecule has 1 amide bonds. The molecule has 108 valence electrons. The van der Waals surface area contributed by atoms with Gasteiger partial charge >= 0.3 is 0 Å². The summed E-state index contributed by atoms with van der Waals surface area (Å²) in [6.45, 7) is 3.19. The predicted octanol–water partition coefficient (Wildman–Crippen LogP) is 1.77. The number of likely N-dealkylation sites (N-methyl/N-ethyl adjacent to an activating group) is 2. The zero-order valence-electron chi connectivity index (χ0n) is 12.0. The molecule has 0 bridgehead atoms. The SMILES string of the molecule is CCN(C(=O)CN(C)c1cccc(C(N)=S)c1)C1CC1. The number of amides is 1. The van der Waals surface area contributed by atoms with Crippen LogP contribution in [0.2, 0.25) is 0 Å². The van der Waals surface area contributed by atoms with Crippen molar-refractivity contribution in [3.8, 4) is 0 Å². The molecule has 5 heteroatoms. The Bertz CT molecular complexity index is 514. The van der Waals surface area contributed by atoms with E-state index in [0.29, 0.717) is 17.6 Å². The lowest BCUT2D eigenvalue weighted by Crippen LogP contribution is -2.40. The smallest absolute Gasteiger partial charge is 0.242 e. The molecular weight excluding hydrogens is 270 g/mol. The fourth-order valence-electron chi connectivity index (χ4n) is 2.31. The summed E-state index contributed by atoms with van der Waals surface area (Å²) in [7, 11) is 1.91. The second-order valence-electron chi connectivity index (χ2n) is 5.18. The molecule has 0 radical (unpaired) electrons. The Labute approximate surface area is 125 Å². The van der Waals surface area contributed by atoms with Gasteiger partial charge in [-0.05, 0) is 31.9 Å². The van der Waals surface area contributed by atoms with Crippen LogP contribution in [0.25, 0.3) is 0 Å². The van der Waals surface area contributed by atoms with E-state index in [-0.39, 0.29) is 5.91 Å². The maximum Gasteiger partial charge on any atom is 0.242 e. The van der Waals surface area contributed by atoms with Gasteiger partial charge in [-0.1, -0.05) is 24.4 Å². The van der Waals surface area contributed by atoms with E-state index in [1.807, 2.05) is 48.0 Å².